The van der Waals surface area contributed by atoms with Gasteiger partial charge in [-0.1, -0.05) is 41.5 Å². The SMILES string of the molecule is CC(=O)/C=C(/C)[O-].CC(=O)/C=C(/C)[O-].CC(C)CO.CC(C)CO.[Ti+2]. The molecule has 25 heavy (non-hydrogen) atoms. The summed E-state index contributed by atoms with van der Waals surface area (Å²) in [6.45, 7) is 13.9. The predicted molar refractivity (Wildman–Crippen MR) is 92.7 cm³/mol. The van der Waals surface area contributed by atoms with E-state index in [1.165, 1.54) is 27.7 Å². The molecule has 0 aromatic carbocycles. The third-order valence-electron chi connectivity index (χ3n) is 1.54. The number of rotatable bonds is 4. The minimum absolute atomic E-state index is 0. The molecule has 0 aliphatic carbocycles. The average Bonchev–Trinajstić information content (AvgIpc) is 2.37. The van der Waals surface area contributed by atoms with Crippen molar-refractivity contribution >= 4 is 11.6 Å². The van der Waals surface area contributed by atoms with E-state index in [0.29, 0.717) is 25.0 Å². The number of ketones is 2. The monoisotopic (exact) mass is 394 g/mol. The Hall–Kier alpha value is -0.946. The van der Waals surface area contributed by atoms with Gasteiger partial charge in [0.25, 0.3) is 0 Å². The molecule has 6 nitrogen and oxygen atoms in total. The van der Waals surface area contributed by atoms with E-state index in [1.807, 2.05) is 27.7 Å². The molecule has 0 aromatic rings. The predicted octanol–water partition coefficient (Wildman–Crippen LogP) is 0.946. The second kappa shape index (κ2) is 25.3. The maximum Gasteiger partial charge on any atom is 2.00 e. The molecule has 0 spiro atoms. The summed E-state index contributed by atoms with van der Waals surface area (Å²) in [6.07, 6.45) is 2.11. The first-order valence-corrected chi connectivity index (χ1v) is 7.73. The van der Waals surface area contributed by atoms with Gasteiger partial charge < -0.3 is 20.4 Å². The summed E-state index contributed by atoms with van der Waals surface area (Å²) in [7, 11) is 0. The maximum atomic E-state index is 9.98. The Kier molecular flexibility index (Phi) is 35.6. The molecule has 146 valence electrons. The largest absolute Gasteiger partial charge is 2.00 e. The number of aliphatic hydroxyl groups excluding tert-OH is 2. The summed E-state index contributed by atoms with van der Waals surface area (Å²) in [5, 5.41) is 36.2. The second-order valence-electron chi connectivity index (χ2n) is 5.88. The van der Waals surface area contributed by atoms with Crippen LogP contribution in [0.1, 0.15) is 55.4 Å². The van der Waals surface area contributed by atoms with Crippen molar-refractivity contribution in [2.75, 3.05) is 13.2 Å². The molecular weight excluding hydrogens is 360 g/mol. The van der Waals surface area contributed by atoms with Crippen LogP contribution in [0.3, 0.4) is 0 Å². The third kappa shape index (κ3) is 83.6. The summed E-state index contributed by atoms with van der Waals surface area (Å²) in [6, 6.07) is 0. The molecule has 2 N–H and O–H groups in total. The number of hydrogen-bond acceptors (Lipinski definition) is 6. The van der Waals surface area contributed by atoms with Crippen molar-refractivity contribution in [3.8, 4) is 0 Å². The Morgan fingerprint density at radius 2 is 0.920 bits per heavy atom. The Labute approximate surface area is 167 Å². The summed E-state index contributed by atoms with van der Waals surface area (Å²) < 4.78 is 0. The average molecular weight is 394 g/mol. The van der Waals surface area contributed by atoms with E-state index in [4.69, 9.17) is 10.2 Å². The van der Waals surface area contributed by atoms with Crippen LogP contribution < -0.4 is 10.2 Å². The molecule has 0 heterocycles. The van der Waals surface area contributed by atoms with Gasteiger partial charge >= 0.3 is 21.7 Å². The molecule has 0 saturated carbocycles. The topological polar surface area (TPSA) is 121 Å². The van der Waals surface area contributed by atoms with Gasteiger partial charge in [0, 0.05) is 13.2 Å². The molecule has 0 bridgehead atoms. The van der Waals surface area contributed by atoms with E-state index in [-0.39, 0.29) is 44.8 Å². The van der Waals surface area contributed by atoms with Crippen molar-refractivity contribution in [1.82, 2.24) is 0 Å². The first-order chi connectivity index (χ1) is 10.8. The van der Waals surface area contributed by atoms with E-state index in [1.54, 1.807) is 0 Å². The number of carbonyl (C=O) groups excluding carboxylic acids is 2. The van der Waals surface area contributed by atoms with Crippen molar-refractivity contribution in [3.63, 3.8) is 0 Å². The van der Waals surface area contributed by atoms with Crippen LogP contribution >= 0.6 is 0 Å². The fourth-order valence-electron chi connectivity index (χ4n) is 0.572. The van der Waals surface area contributed by atoms with Crippen molar-refractivity contribution in [2.24, 2.45) is 11.8 Å². The van der Waals surface area contributed by atoms with Crippen LogP contribution in [-0.2, 0) is 31.3 Å². The third-order valence-corrected chi connectivity index (χ3v) is 1.54. The van der Waals surface area contributed by atoms with E-state index in [9.17, 15) is 19.8 Å². The quantitative estimate of drug-likeness (QED) is 0.416. The molecule has 0 rings (SSSR count). The zero-order valence-corrected chi connectivity index (χ0v) is 18.3. The van der Waals surface area contributed by atoms with Gasteiger partial charge in [-0.2, -0.15) is 0 Å². The first kappa shape index (κ1) is 35.2. The van der Waals surface area contributed by atoms with Gasteiger partial charge in [0.1, 0.15) is 0 Å². The summed E-state index contributed by atoms with van der Waals surface area (Å²) in [4.78, 5) is 20.0. The molecule has 7 heteroatoms. The molecule has 0 radical (unpaired) electrons. The van der Waals surface area contributed by atoms with Crippen LogP contribution in [0.2, 0.25) is 0 Å². The molecule has 0 aliphatic rings. The van der Waals surface area contributed by atoms with Crippen LogP contribution in [0.4, 0.5) is 0 Å². The zero-order valence-electron chi connectivity index (χ0n) is 16.8. The number of hydrogen-bond donors (Lipinski definition) is 2. The molecule has 0 amide bonds. The van der Waals surface area contributed by atoms with Gasteiger partial charge in [-0.25, -0.2) is 0 Å². The molecule has 0 aliphatic heterocycles. The van der Waals surface area contributed by atoms with Gasteiger partial charge in [0.05, 0.1) is 0 Å². The normalized spacial score (nSPS) is 10.2. The van der Waals surface area contributed by atoms with Gasteiger partial charge in [0.2, 0.25) is 0 Å². The van der Waals surface area contributed by atoms with E-state index >= 15 is 0 Å². The fourth-order valence-corrected chi connectivity index (χ4v) is 0.572. The summed E-state index contributed by atoms with van der Waals surface area (Å²) in [5.74, 6) is 0.130. The Morgan fingerprint density at radius 1 is 0.760 bits per heavy atom. The van der Waals surface area contributed by atoms with E-state index in [2.05, 4.69) is 0 Å². The standard InChI is InChI=1S/2C5H8O2.2C4H10O.Ti/c2*1-4(6)3-5(2)7;2*1-4(2)3-5;/h2*3,6H,1-2H3;2*4-5H,3H2,1-2H3;/q;;;;+2/p-2/b2*4-3-;;;. The minimum atomic E-state index is -0.187. The van der Waals surface area contributed by atoms with Crippen LogP contribution in [0.25, 0.3) is 0 Å². The minimum Gasteiger partial charge on any atom is -0.876 e. The molecule has 0 saturated heterocycles. The zero-order chi connectivity index (χ0) is 20.3. The molecule has 0 fully saturated rings. The van der Waals surface area contributed by atoms with Crippen molar-refractivity contribution < 1.29 is 51.7 Å². The van der Waals surface area contributed by atoms with Gasteiger partial charge in [-0.3, -0.25) is 9.59 Å². The fraction of sp³-hybridized carbons (Fsp3) is 0.667. The van der Waals surface area contributed by atoms with E-state index < -0.39 is 0 Å². The van der Waals surface area contributed by atoms with Crippen LogP contribution in [0, 0.1) is 11.8 Å². The number of aliphatic hydroxyl groups is 2. The summed E-state index contributed by atoms with van der Waals surface area (Å²) >= 11 is 0. The maximum absolute atomic E-state index is 9.98. The van der Waals surface area contributed by atoms with Crippen molar-refractivity contribution in [3.05, 3.63) is 23.7 Å². The smallest absolute Gasteiger partial charge is 0.876 e. The molecule has 0 aromatic heterocycles. The number of carbonyl (C=O) groups is 2. The number of allylic oxidation sites excluding steroid dienone is 4. The van der Waals surface area contributed by atoms with Crippen LogP contribution in [0.15, 0.2) is 23.7 Å². The first-order valence-electron chi connectivity index (χ1n) is 7.73. The van der Waals surface area contributed by atoms with Crippen LogP contribution in [-0.4, -0.2) is 35.0 Å². The van der Waals surface area contributed by atoms with Crippen molar-refractivity contribution in [1.29, 1.82) is 0 Å². The summed E-state index contributed by atoms with van der Waals surface area (Å²) in [5.41, 5.74) is 0. The second-order valence-corrected chi connectivity index (χ2v) is 5.88. The van der Waals surface area contributed by atoms with E-state index in [0.717, 1.165) is 12.2 Å². The van der Waals surface area contributed by atoms with Crippen molar-refractivity contribution in [2.45, 2.75) is 55.4 Å². The molecule has 0 unspecified atom stereocenters. The van der Waals surface area contributed by atoms with Crippen LogP contribution in [0.5, 0.6) is 0 Å². The Bertz CT molecular complexity index is 330. The molecule has 0 atom stereocenters. The van der Waals surface area contributed by atoms with Gasteiger partial charge in [-0.15, -0.1) is 11.5 Å². The van der Waals surface area contributed by atoms with Gasteiger partial charge in [0.15, 0.2) is 11.6 Å². The Morgan fingerprint density at radius 3 is 0.920 bits per heavy atom. The Balaban J connectivity index is -0.0000000711. The van der Waals surface area contributed by atoms with Gasteiger partial charge in [-0.05, 0) is 37.8 Å². The molecular formula is C18H34O6Ti.